The Morgan fingerprint density at radius 1 is 0.912 bits per heavy atom. The van der Waals surface area contributed by atoms with Crippen molar-refractivity contribution in [2.45, 2.75) is 42.2 Å². The number of nitrogens with zero attached hydrogens (tertiary/aromatic N) is 1. The fourth-order valence-electron chi connectivity index (χ4n) is 5.43. The van der Waals surface area contributed by atoms with E-state index in [0.717, 1.165) is 19.3 Å². The molecule has 3 fully saturated rings. The Balaban J connectivity index is 1.17. The second kappa shape index (κ2) is 9.00. The van der Waals surface area contributed by atoms with Gasteiger partial charge in [-0.05, 0) is 67.0 Å². The molecule has 2 aromatic rings. The van der Waals surface area contributed by atoms with E-state index in [0.29, 0.717) is 24.6 Å². The van der Waals surface area contributed by atoms with Gasteiger partial charge in [-0.1, -0.05) is 36.9 Å². The number of fused-ring (bicyclic) bond motifs is 1. The van der Waals surface area contributed by atoms with Gasteiger partial charge < -0.3 is 10.6 Å². The molecule has 34 heavy (non-hydrogen) atoms. The van der Waals surface area contributed by atoms with Crippen molar-refractivity contribution in [3.05, 3.63) is 78.4 Å². The van der Waals surface area contributed by atoms with Crippen LogP contribution in [0.25, 0.3) is 0 Å². The second-order valence-electron chi connectivity index (χ2n) is 9.58. The summed E-state index contributed by atoms with van der Waals surface area (Å²) in [4.78, 5) is 24.4. The van der Waals surface area contributed by atoms with Gasteiger partial charge in [0.1, 0.15) is 0 Å². The van der Waals surface area contributed by atoms with Crippen LogP contribution in [-0.2, 0) is 14.8 Å². The molecule has 3 unspecified atom stereocenters. The Morgan fingerprint density at radius 3 is 2.18 bits per heavy atom. The molecular formula is C26H29N3O4S. The first-order chi connectivity index (χ1) is 16.3. The van der Waals surface area contributed by atoms with Crippen LogP contribution >= 0.6 is 0 Å². The van der Waals surface area contributed by atoms with Gasteiger partial charge in [0.05, 0.1) is 4.90 Å². The van der Waals surface area contributed by atoms with Crippen molar-refractivity contribution in [2.75, 3.05) is 13.1 Å². The largest absolute Gasteiger partial charge is 0.350 e. The minimum absolute atomic E-state index is 0.0797. The molecule has 2 aromatic carbocycles. The van der Waals surface area contributed by atoms with Crippen molar-refractivity contribution in [3.63, 3.8) is 0 Å². The molecule has 1 aliphatic heterocycles. The topological polar surface area (TPSA) is 95.6 Å². The van der Waals surface area contributed by atoms with Gasteiger partial charge in [-0.25, -0.2) is 8.42 Å². The lowest BCUT2D eigenvalue weighted by Crippen LogP contribution is -2.35. The Labute approximate surface area is 200 Å². The molecule has 3 aliphatic rings. The lowest BCUT2D eigenvalue weighted by atomic mass is 10.0. The number of carbonyl (C=O) groups is 2. The summed E-state index contributed by atoms with van der Waals surface area (Å²) >= 11 is 0. The number of hydrogen-bond acceptors (Lipinski definition) is 4. The SMILES string of the molecule is C=CC(=O)NC1CC2CN(S(=O)(=O)c3ccc(C(=O)N[C@@H]4CC4c4ccccc4)cc3)CC2C1. The zero-order valence-electron chi connectivity index (χ0n) is 18.9. The van der Waals surface area contributed by atoms with E-state index in [9.17, 15) is 18.0 Å². The number of amides is 2. The predicted molar refractivity (Wildman–Crippen MR) is 129 cm³/mol. The minimum Gasteiger partial charge on any atom is -0.350 e. The summed E-state index contributed by atoms with van der Waals surface area (Å²) in [7, 11) is -3.63. The molecule has 2 aliphatic carbocycles. The molecule has 0 spiro atoms. The molecular weight excluding hydrogens is 450 g/mol. The number of sulfonamides is 1. The van der Waals surface area contributed by atoms with E-state index < -0.39 is 10.0 Å². The van der Waals surface area contributed by atoms with Crippen molar-refractivity contribution < 1.29 is 18.0 Å². The molecule has 1 saturated heterocycles. The normalized spacial score (nSPS) is 28.2. The second-order valence-corrected chi connectivity index (χ2v) is 11.5. The van der Waals surface area contributed by atoms with Gasteiger partial charge in [-0.15, -0.1) is 0 Å². The molecule has 2 saturated carbocycles. The molecule has 5 rings (SSSR count). The predicted octanol–water partition coefficient (Wildman–Crippen LogP) is 2.67. The Morgan fingerprint density at radius 2 is 1.56 bits per heavy atom. The molecule has 178 valence electrons. The van der Waals surface area contributed by atoms with Gasteiger partial charge in [0.2, 0.25) is 15.9 Å². The molecule has 4 atom stereocenters. The Bertz CT molecular complexity index is 1180. The van der Waals surface area contributed by atoms with Crippen LogP contribution in [0, 0.1) is 11.8 Å². The number of nitrogens with one attached hydrogen (secondary N) is 2. The summed E-state index contributed by atoms with van der Waals surface area (Å²) in [5.41, 5.74) is 1.68. The first kappa shape index (κ1) is 22.8. The van der Waals surface area contributed by atoms with Crippen molar-refractivity contribution >= 4 is 21.8 Å². The molecule has 7 nitrogen and oxygen atoms in total. The highest BCUT2D eigenvalue weighted by atomic mass is 32.2. The van der Waals surface area contributed by atoms with Gasteiger partial charge in [0.15, 0.2) is 0 Å². The maximum atomic E-state index is 13.2. The third-order valence-corrected chi connectivity index (χ3v) is 9.18. The molecule has 2 N–H and O–H groups in total. The van der Waals surface area contributed by atoms with Gasteiger partial charge >= 0.3 is 0 Å². The van der Waals surface area contributed by atoms with Crippen molar-refractivity contribution in [2.24, 2.45) is 11.8 Å². The summed E-state index contributed by atoms with van der Waals surface area (Å²) in [6, 6.07) is 16.5. The van der Waals surface area contributed by atoms with Crippen molar-refractivity contribution in [1.29, 1.82) is 0 Å². The Kier molecular flexibility index (Phi) is 6.04. The first-order valence-corrected chi connectivity index (χ1v) is 13.2. The van der Waals surface area contributed by atoms with Crippen LogP contribution < -0.4 is 10.6 Å². The van der Waals surface area contributed by atoms with Gasteiger partial charge in [0, 0.05) is 36.7 Å². The highest BCUT2D eigenvalue weighted by Crippen LogP contribution is 2.41. The summed E-state index contributed by atoms with van der Waals surface area (Å²) in [6.07, 6.45) is 3.74. The third-order valence-electron chi connectivity index (χ3n) is 7.34. The average Bonchev–Trinajstić information content (AvgIpc) is 3.33. The van der Waals surface area contributed by atoms with Crippen LogP contribution in [-0.4, -0.2) is 49.7 Å². The molecule has 0 aromatic heterocycles. The van der Waals surface area contributed by atoms with E-state index in [1.54, 1.807) is 12.1 Å². The maximum absolute atomic E-state index is 13.2. The quantitative estimate of drug-likeness (QED) is 0.597. The van der Waals surface area contributed by atoms with E-state index >= 15 is 0 Å². The number of hydrogen-bond donors (Lipinski definition) is 2. The summed E-state index contributed by atoms with van der Waals surface area (Å²) < 4.78 is 27.9. The Hall–Kier alpha value is -2.97. The van der Waals surface area contributed by atoms with Crippen LogP contribution in [0.3, 0.4) is 0 Å². The van der Waals surface area contributed by atoms with Crippen LogP contribution in [0.5, 0.6) is 0 Å². The number of benzene rings is 2. The van der Waals surface area contributed by atoms with Gasteiger partial charge in [-0.3, -0.25) is 9.59 Å². The molecule has 0 bridgehead atoms. The monoisotopic (exact) mass is 479 g/mol. The lowest BCUT2D eigenvalue weighted by Gasteiger charge is -2.19. The molecule has 8 heteroatoms. The van der Waals surface area contributed by atoms with Gasteiger partial charge in [0.25, 0.3) is 5.91 Å². The standard InChI is InChI=1S/C26H29N3O4S/c1-2-25(30)27-21-12-19-15-29(16-20(19)13-21)34(32,33)22-10-8-18(9-11-22)26(31)28-24-14-23(24)17-6-4-3-5-7-17/h2-11,19-21,23-24H,1,12-16H2,(H,27,30)(H,28,31)/t19?,20?,21?,23?,24-/m1/s1. The van der Waals surface area contributed by atoms with E-state index in [2.05, 4.69) is 29.3 Å². The van der Waals surface area contributed by atoms with Crippen LogP contribution in [0.4, 0.5) is 0 Å². The highest BCUT2D eigenvalue weighted by molar-refractivity contribution is 7.89. The van der Waals surface area contributed by atoms with E-state index in [-0.39, 0.29) is 40.6 Å². The molecule has 1 heterocycles. The maximum Gasteiger partial charge on any atom is 0.251 e. The van der Waals surface area contributed by atoms with Crippen molar-refractivity contribution in [3.8, 4) is 0 Å². The van der Waals surface area contributed by atoms with Crippen LogP contribution in [0.15, 0.2) is 72.1 Å². The van der Waals surface area contributed by atoms with E-state index in [4.69, 9.17) is 0 Å². The smallest absolute Gasteiger partial charge is 0.251 e. The number of rotatable bonds is 7. The highest BCUT2D eigenvalue weighted by Gasteiger charge is 2.45. The summed E-state index contributed by atoms with van der Waals surface area (Å²) in [5, 5.41) is 5.97. The fourth-order valence-corrected chi connectivity index (χ4v) is 6.99. The zero-order valence-corrected chi connectivity index (χ0v) is 19.7. The third kappa shape index (κ3) is 4.52. The van der Waals surface area contributed by atoms with Crippen LogP contribution in [0.2, 0.25) is 0 Å². The molecule has 0 radical (unpaired) electrons. The van der Waals surface area contributed by atoms with Crippen LogP contribution in [0.1, 0.15) is 41.1 Å². The van der Waals surface area contributed by atoms with Gasteiger partial charge in [-0.2, -0.15) is 4.31 Å². The lowest BCUT2D eigenvalue weighted by molar-refractivity contribution is -0.117. The molecule has 2 amide bonds. The minimum atomic E-state index is -3.63. The van der Waals surface area contributed by atoms with Crippen molar-refractivity contribution in [1.82, 2.24) is 14.9 Å². The number of carbonyl (C=O) groups excluding carboxylic acids is 2. The summed E-state index contributed by atoms with van der Waals surface area (Å²) in [5.74, 6) is 0.452. The average molecular weight is 480 g/mol. The zero-order chi connectivity index (χ0) is 23.9. The summed E-state index contributed by atoms with van der Waals surface area (Å²) in [6.45, 7) is 4.39. The fraction of sp³-hybridized carbons (Fsp3) is 0.385. The van der Waals surface area contributed by atoms with E-state index in [1.165, 1.54) is 28.1 Å². The first-order valence-electron chi connectivity index (χ1n) is 11.7. The van der Waals surface area contributed by atoms with E-state index in [1.807, 2.05) is 18.2 Å².